The van der Waals surface area contributed by atoms with Gasteiger partial charge in [0.25, 0.3) is 0 Å². The molecule has 0 amide bonds. The summed E-state index contributed by atoms with van der Waals surface area (Å²) in [4.78, 5) is 9.04. The Labute approximate surface area is 187 Å². The number of aryl methyl sites for hydroxylation is 1. The van der Waals surface area contributed by atoms with Gasteiger partial charge in [0.15, 0.2) is 0 Å². The highest BCUT2D eigenvalue weighted by molar-refractivity contribution is 6.30. The number of aliphatic hydroxyl groups is 1. The third-order valence-electron chi connectivity index (χ3n) is 5.30. The Morgan fingerprint density at radius 3 is 2.58 bits per heavy atom. The highest BCUT2D eigenvalue weighted by Crippen LogP contribution is 2.19. The van der Waals surface area contributed by atoms with Crippen LogP contribution in [0.4, 0.5) is 0 Å². The highest BCUT2D eigenvalue weighted by atomic mass is 35.5. The van der Waals surface area contributed by atoms with Crippen molar-refractivity contribution in [3.8, 4) is 17.1 Å². The summed E-state index contributed by atoms with van der Waals surface area (Å²) < 4.78 is 11.1. The van der Waals surface area contributed by atoms with Crippen molar-refractivity contribution in [3.05, 3.63) is 65.0 Å². The molecule has 0 spiro atoms. The Balaban J connectivity index is 1.20. The Hall–Kier alpha value is -2.45. The molecule has 3 aromatic rings. The second kappa shape index (κ2) is 10.2. The first-order valence-electron chi connectivity index (χ1n) is 10.5. The predicted molar refractivity (Wildman–Crippen MR) is 119 cm³/mol. The largest absolute Gasteiger partial charge is 0.491 e. The monoisotopic (exact) mass is 442 g/mol. The number of ether oxygens (including phenoxy) is 1. The quantitative estimate of drug-likeness (QED) is 0.573. The van der Waals surface area contributed by atoms with Crippen molar-refractivity contribution < 1.29 is 14.4 Å². The van der Waals surface area contributed by atoms with Gasteiger partial charge in [-0.2, -0.15) is 4.98 Å². The normalized spacial score (nSPS) is 16.4. The molecule has 0 aliphatic carbocycles. The molecule has 1 aromatic heterocycles. The van der Waals surface area contributed by atoms with E-state index >= 15 is 0 Å². The summed E-state index contributed by atoms with van der Waals surface area (Å²) in [6.45, 7) is 7.04. The number of piperazine rings is 1. The summed E-state index contributed by atoms with van der Waals surface area (Å²) in [5.41, 5.74) is 2.02. The molecule has 1 fully saturated rings. The summed E-state index contributed by atoms with van der Waals surface area (Å²) in [7, 11) is 0. The van der Waals surface area contributed by atoms with E-state index in [1.807, 2.05) is 55.5 Å². The van der Waals surface area contributed by atoms with E-state index < -0.39 is 6.10 Å². The lowest BCUT2D eigenvalue weighted by atomic mass is 10.2. The molecule has 1 aliphatic rings. The standard InChI is InChI=1S/C23H27ClN4O3/c1-17-3-2-4-21(13-17)30-16-20(29)14-27-9-11-28(12-10-27)15-22-25-23(26-31-22)18-5-7-19(24)8-6-18/h2-8,13,20,29H,9-12,14-16H2,1H3. The Bertz CT molecular complexity index is 971. The van der Waals surface area contributed by atoms with Gasteiger partial charge in [-0.05, 0) is 48.9 Å². The topological polar surface area (TPSA) is 74.9 Å². The summed E-state index contributed by atoms with van der Waals surface area (Å²) in [6.07, 6.45) is -0.523. The second-order valence-corrected chi connectivity index (χ2v) is 8.31. The summed E-state index contributed by atoms with van der Waals surface area (Å²) >= 11 is 5.93. The second-order valence-electron chi connectivity index (χ2n) is 7.88. The SMILES string of the molecule is Cc1cccc(OCC(O)CN2CCN(Cc3nc(-c4ccc(Cl)cc4)no3)CC2)c1. The molecule has 7 nitrogen and oxygen atoms in total. The zero-order valence-corrected chi connectivity index (χ0v) is 18.3. The van der Waals surface area contributed by atoms with Crippen LogP contribution in [0.15, 0.2) is 53.1 Å². The van der Waals surface area contributed by atoms with Crippen LogP contribution in [0.2, 0.25) is 5.02 Å². The molecule has 1 aliphatic heterocycles. The fourth-order valence-corrected chi connectivity index (χ4v) is 3.73. The molecule has 2 aromatic carbocycles. The van der Waals surface area contributed by atoms with Gasteiger partial charge in [-0.15, -0.1) is 0 Å². The molecule has 4 rings (SSSR count). The molecule has 1 N–H and O–H groups in total. The number of β-amino-alcohol motifs (C(OH)–C–C–N with tert-alkyl or cyclic N) is 1. The molecule has 1 atom stereocenters. The Morgan fingerprint density at radius 2 is 1.84 bits per heavy atom. The van der Waals surface area contributed by atoms with Gasteiger partial charge in [0.2, 0.25) is 11.7 Å². The van der Waals surface area contributed by atoms with Crippen molar-refractivity contribution in [2.24, 2.45) is 0 Å². The third-order valence-corrected chi connectivity index (χ3v) is 5.55. The fourth-order valence-electron chi connectivity index (χ4n) is 3.60. The van der Waals surface area contributed by atoms with Crippen LogP contribution in [0.25, 0.3) is 11.4 Å². The van der Waals surface area contributed by atoms with Gasteiger partial charge >= 0.3 is 0 Å². The number of aliphatic hydroxyl groups excluding tert-OH is 1. The highest BCUT2D eigenvalue weighted by Gasteiger charge is 2.21. The molecular weight excluding hydrogens is 416 g/mol. The fraction of sp³-hybridized carbons (Fsp3) is 0.391. The van der Waals surface area contributed by atoms with Crippen LogP contribution in [0.5, 0.6) is 5.75 Å². The first kappa shape index (κ1) is 21.8. The third kappa shape index (κ3) is 6.27. The molecule has 0 bridgehead atoms. The van der Waals surface area contributed by atoms with Crippen molar-refractivity contribution in [1.82, 2.24) is 19.9 Å². The molecule has 31 heavy (non-hydrogen) atoms. The molecule has 0 saturated carbocycles. The van der Waals surface area contributed by atoms with E-state index in [0.29, 0.717) is 36.4 Å². The summed E-state index contributed by atoms with van der Waals surface area (Å²) in [6, 6.07) is 15.2. The van der Waals surface area contributed by atoms with E-state index in [2.05, 4.69) is 19.9 Å². The van der Waals surface area contributed by atoms with E-state index in [0.717, 1.165) is 43.1 Å². The molecular formula is C23H27ClN4O3. The number of hydrogen-bond acceptors (Lipinski definition) is 7. The van der Waals surface area contributed by atoms with Gasteiger partial charge in [-0.3, -0.25) is 9.80 Å². The number of rotatable bonds is 8. The minimum Gasteiger partial charge on any atom is -0.491 e. The maximum absolute atomic E-state index is 10.3. The Morgan fingerprint density at radius 1 is 1.10 bits per heavy atom. The van der Waals surface area contributed by atoms with Gasteiger partial charge in [0.05, 0.1) is 6.54 Å². The number of benzene rings is 2. The lowest BCUT2D eigenvalue weighted by molar-refractivity contribution is 0.0426. The Kier molecular flexibility index (Phi) is 7.19. The van der Waals surface area contributed by atoms with Gasteiger partial charge in [0, 0.05) is 43.3 Å². The first-order chi connectivity index (χ1) is 15.0. The molecule has 1 saturated heterocycles. The molecule has 2 heterocycles. The average molecular weight is 443 g/mol. The zero-order chi connectivity index (χ0) is 21.6. The molecule has 1 unspecified atom stereocenters. The van der Waals surface area contributed by atoms with E-state index in [9.17, 15) is 5.11 Å². The maximum Gasteiger partial charge on any atom is 0.241 e. The van der Waals surface area contributed by atoms with Crippen LogP contribution in [-0.2, 0) is 6.54 Å². The van der Waals surface area contributed by atoms with Crippen LogP contribution >= 0.6 is 11.6 Å². The lowest BCUT2D eigenvalue weighted by Crippen LogP contribution is -2.48. The number of hydrogen-bond donors (Lipinski definition) is 1. The van der Waals surface area contributed by atoms with Gasteiger partial charge in [-0.1, -0.05) is 28.9 Å². The van der Waals surface area contributed by atoms with Crippen LogP contribution < -0.4 is 4.74 Å². The minimum absolute atomic E-state index is 0.291. The summed E-state index contributed by atoms with van der Waals surface area (Å²) in [5, 5.41) is 15.1. The maximum atomic E-state index is 10.3. The van der Waals surface area contributed by atoms with Gasteiger partial charge in [-0.25, -0.2) is 0 Å². The molecule has 164 valence electrons. The predicted octanol–water partition coefficient (Wildman–Crippen LogP) is 3.26. The smallest absolute Gasteiger partial charge is 0.241 e. The van der Waals surface area contributed by atoms with Gasteiger partial charge in [0.1, 0.15) is 18.5 Å². The number of halogens is 1. The summed E-state index contributed by atoms with van der Waals surface area (Å²) in [5.74, 6) is 1.97. The van der Waals surface area contributed by atoms with Crippen LogP contribution in [-0.4, -0.2) is 70.5 Å². The van der Waals surface area contributed by atoms with Crippen LogP contribution in [0.1, 0.15) is 11.5 Å². The van der Waals surface area contributed by atoms with Crippen molar-refractivity contribution in [2.45, 2.75) is 19.6 Å². The molecule has 8 heteroatoms. The zero-order valence-electron chi connectivity index (χ0n) is 17.6. The van der Waals surface area contributed by atoms with E-state index in [1.165, 1.54) is 0 Å². The van der Waals surface area contributed by atoms with E-state index in [1.54, 1.807) is 0 Å². The van der Waals surface area contributed by atoms with Crippen LogP contribution in [0, 0.1) is 6.92 Å². The van der Waals surface area contributed by atoms with Crippen LogP contribution in [0.3, 0.4) is 0 Å². The van der Waals surface area contributed by atoms with Gasteiger partial charge < -0.3 is 14.4 Å². The van der Waals surface area contributed by atoms with E-state index in [-0.39, 0.29) is 0 Å². The average Bonchev–Trinajstić information content (AvgIpc) is 3.23. The minimum atomic E-state index is -0.523. The number of aromatic nitrogens is 2. The van der Waals surface area contributed by atoms with E-state index in [4.69, 9.17) is 20.9 Å². The van der Waals surface area contributed by atoms with Crippen molar-refractivity contribution in [3.63, 3.8) is 0 Å². The lowest BCUT2D eigenvalue weighted by Gasteiger charge is -2.34. The number of nitrogens with zero attached hydrogens (tertiary/aromatic N) is 4. The van der Waals surface area contributed by atoms with Crippen molar-refractivity contribution >= 4 is 11.6 Å². The first-order valence-corrected chi connectivity index (χ1v) is 10.8. The molecule has 0 radical (unpaired) electrons. The van der Waals surface area contributed by atoms with Crippen molar-refractivity contribution in [1.29, 1.82) is 0 Å². The van der Waals surface area contributed by atoms with Crippen molar-refractivity contribution in [2.75, 3.05) is 39.3 Å².